The first-order chi connectivity index (χ1) is 15.2. The number of aliphatic imine (C=N–C) groups is 1. The van der Waals surface area contributed by atoms with E-state index in [1.54, 1.807) is 13.3 Å². The molecule has 1 aliphatic heterocycles. The maximum Gasteiger partial charge on any atom is 0.226 e. The predicted molar refractivity (Wildman–Crippen MR) is 134 cm³/mol. The first-order valence-electron chi connectivity index (χ1n) is 10.5. The van der Waals surface area contributed by atoms with Gasteiger partial charge in [-0.3, -0.25) is 4.99 Å². The topological polar surface area (TPSA) is 71.7 Å². The van der Waals surface area contributed by atoms with Crippen molar-refractivity contribution in [2.24, 2.45) is 4.99 Å². The molecule has 0 unspecified atom stereocenters. The van der Waals surface area contributed by atoms with Crippen molar-refractivity contribution < 1.29 is 13.5 Å². The van der Waals surface area contributed by atoms with E-state index in [4.69, 9.17) is 9.15 Å². The lowest BCUT2D eigenvalue weighted by atomic mass is 9.74. The molecule has 8 heteroatoms. The smallest absolute Gasteiger partial charge is 0.226 e. The molecule has 0 aliphatic carbocycles. The normalized spacial score (nSPS) is 15.6. The van der Waals surface area contributed by atoms with Gasteiger partial charge in [0.2, 0.25) is 5.89 Å². The number of hydrogen-bond acceptors (Lipinski definition) is 4. The van der Waals surface area contributed by atoms with E-state index in [2.05, 4.69) is 20.6 Å². The number of halogens is 2. The van der Waals surface area contributed by atoms with E-state index in [0.717, 1.165) is 29.7 Å². The van der Waals surface area contributed by atoms with Crippen LogP contribution in [0.15, 0.2) is 70.3 Å². The largest absolute Gasteiger partial charge is 0.444 e. The van der Waals surface area contributed by atoms with Crippen molar-refractivity contribution in [3.8, 4) is 11.5 Å². The van der Waals surface area contributed by atoms with E-state index >= 15 is 0 Å². The number of ether oxygens (including phenoxy) is 1. The zero-order valence-electron chi connectivity index (χ0n) is 18.0. The second kappa shape index (κ2) is 11.4. The molecule has 0 amide bonds. The molecule has 0 bridgehead atoms. The van der Waals surface area contributed by atoms with Crippen molar-refractivity contribution in [2.75, 3.05) is 26.8 Å². The van der Waals surface area contributed by atoms with Crippen molar-refractivity contribution in [3.63, 3.8) is 0 Å². The highest BCUT2D eigenvalue weighted by Gasteiger charge is 2.34. The SMILES string of the molecule is CN=C(NCc1coc(-c2ccccc2)n1)NCC1(c2ccc(F)cc2)CCOCC1.I. The number of hydrogen-bond donors (Lipinski definition) is 2. The average Bonchev–Trinajstić information content (AvgIpc) is 3.30. The van der Waals surface area contributed by atoms with Crippen LogP contribution in [0, 0.1) is 5.82 Å². The van der Waals surface area contributed by atoms with Crippen LogP contribution in [0.4, 0.5) is 4.39 Å². The summed E-state index contributed by atoms with van der Waals surface area (Å²) in [7, 11) is 1.74. The van der Waals surface area contributed by atoms with Crippen LogP contribution < -0.4 is 10.6 Å². The lowest BCUT2D eigenvalue weighted by Gasteiger charge is -2.38. The predicted octanol–water partition coefficient (Wildman–Crippen LogP) is 4.51. The van der Waals surface area contributed by atoms with E-state index in [0.29, 0.717) is 38.2 Å². The summed E-state index contributed by atoms with van der Waals surface area (Å²) < 4.78 is 24.6. The van der Waals surface area contributed by atoms with Crippen LogP contribution in [-0.4, -0.2) is 37.7 Å². The Balaban J connectivity index is 0.00000289. The average molecular weight is 550 g/mol. The Morgan fingerprint density at radius 3 is 2.47 bits per heavy atom. The third kappa shape index (κ3) is 5.86. The summed E-state index contributed by atoms with van der Waals surface area (Å²) in [5.41, 5.74) is 2.72. The Bertz CT molecular complexity index is 1000. The molecule has 1 saturated heterocycles. The minimum absolute atomic E-state index is 0. The highest BCUT2D eigenvalue weighted by Crippen LogP contribution is 2.34. The minimum atomic E-state index is -0.223. The number of nitrogens with zero attached hydrogens (tertiary/aromatic N) is 2. The fourth-order valence-corrected chi connectivity index (χ4v) is 3.88. The van der Waals surface area contributed by atoms with Gasteiger partial charge in [0, 0.05) is 37.8 Å². The molecular weight excluding hydrogens is 522 g/mol. The van der Waals surface area contributed by atoms with Crippen molar-refractivity contribution in [1.82, 2.24) is 15.6 Å². The molecule has 1 aliphatic rings. The fourth-order valence-electron chi connectivity index (χ4n) is 3.88. The molecule has 2 aromatic carbocycles. The number of aromatic nitrogens is 1. The summed E-state index contributed by atoms with van der Waals surface area (Å²) in [6.07, 6.45) is 3.39. The number of oxazole rings is 1. The first-order valence-corrected chi connectivity index (χ1v) is 10.5. The van der Waals surface area contributed by atoms with E-state index in [1.807, 2.05) is 42.5 Å². The molecule has 1 fully saturated rings. The van der Waals surface area contributed by atoms with Crippen LogP contribution in [0.5, 0.6) is 0 Å². The van der Waals surface area contributed by atoms with Crippen LogP contribution in [0.1, 0.15) is 24.1 Å². The summed E-state index contributed by atoms with van der Waals surface area (Å²) in [6.45, 7) is 2.54. The summed E-state index contributed by atoms with van der Waals surface area (Å²) in [4.78, 5) is 8.88. The van der Waals surface area contributed by atoms with Crippen molar-refractivity contribution in [1.29, 1.82) is 0 Å². The number of nitrogens with one attached hydrogen (secondary N) is 2. The molecule has 4 rings (SSSR count). The molecule has 0 atom stereocenters. The summed E-state index contributed by atoms with van der Waals surface area (Å²) in [5.74, 6) is 1.05. The number of guanidine groups is 1. The van der Waals surface area contributed by atoms with Gasteiger partial charge in [-0.1, -0.05) is 30.3 Å². The second-order valence-corrected chi connectivity index (χ2v) is 7.69. The maximum absolute atomic E-state index is 13.4. The second-order valence-electron chi connectivity index (χ2n) is 7.69. The molecular formula is C24H28FIN4O2. The highest BCUT2D eigenvalue weighted by molar-refractivity contribution is 14.0. The quantitative estimate of drug-likeness (QED) is 0.269. The molecule has 170 valence electrons. The lowest BCUT2D eigenvalue weighted by Crippen LogP contribution is -2.47. The number of rotatable bonds is 6. The molecule has 1 aromatic heterocycles. The standard InChI is InChI=1S/C24H27FN4O2.HI/c1-26-23(27-15-21-16-31-22(29-21)18-5-3-2-4-6-18)28-17-24(11-13-30-14-12-24)19-7-9-20(25)10-8-19;/h2-10,16H,11-15,17H2,1H3,(H2,26,27,28);1H. The van der Waals surface area contributed by atoms with Gasteiger partial charge in [-0.05, 0) is 42.7 Å². The molecule has 2 heterocycles. The van der Waals surface area contributed by atoms with Gasteiger partial charge in [-0.2, -0.15) is 0 Å². The zero-order valence-corrected chi connectivity index (χ0v) is 20.3. The lowest BCUT2D eigenvalue weighted by molar-refractivity contribution is 0.0513. The van der Waals surface area contributed by atoms with Gasteiger partial charge >= 0.3 is 0 Å². The Morgan fingerprint density at radius 1 is 1.06 bits per heavy atom. The van der Waals surface area contributed by atoms with E-state index < -0.39 is 0 Å². The monoisotopic (exact) mass is 550 g/mol. The third-order valence-electron chi connectivity index (χ3n) is 5.73. The molecule has 2 N–H and O–H groups in total. The van der Waals surface area contributed by atoms with Gasteiger partial charge in [-0.25, -0.2) is 9.37 Å². The summed E-state index contributed by atoms with van der Waals surface area (Å²) in [6, 6.07) is 16.6. The van der Waals surface area contributed by atoms with Crippen LogP contribution >= 0.6 is 24.0 Å². The molecule has 32 heavy (non-hydrogen) atoms. The van der Waals surface area contributed by atoms with Crippen LogP contribution in [0.25, 0.3) is 11.5 Å². The van der Waals surface area contributed by atoms with E-state index in [-0.39, 0.29) is 35.2 Å². The van der Waals surface area contributed by atoms with Gasteiger partial charge in [0.25, 0.3) is 0 Å². The Labute approximate surface area is 204 Å². The van der Waals surface area contributed by atoms with Gasteiger partial charge in [0.05, 0.1) is 12.2 Å². The molecule has 3 aromatic rings. The molecule has 6 nitrogen and oxygen atoms in total. The van der Waals surface area contributed by atoms with E-state index in [1.165, 1.54) is 12.1 Å². The van der Waals surface area contributed by atoms with Gasteiger partial charge in [0.1, 0.15) is 12.1 Å². The maximum atomic E-state index is 13.4. The molecule has 0 radical (unpaired) electrons. The van der Waals surface area contributed by atoms with Gasteiger partial charge < -0.3 is 19.8 Å². The fraction of sp³-hybridized carbons (Fsp3) is 0.333. The summed E-state index contributed by atoms with van der Waals surface area (Å²) >= 11 is 0. The minimum Gasteiger partial charge on any atom is -0.444 e. The van der Waals surface area contributed by atoms with Crippen molar-refractivity contribution >= 4 is 29.9 Å². The van der Waals surface area contributed by atoms with Gasteiger partial charge in [-0.15, -0.1) is 24.0 Å². The molecule has 0 spiro atoms. The first kappa shape index (κ1) is 24.2. The highest BCUT2D eigenvalue weighted by atomic mass is 127. The number of benzene rings is 2. The molecule has 0 saturated carbocycles. The van der Waals surface area contributed by atoms with Crippen LogP contribution in [0.2, 0.25) is 0 Å². The van der Waals surface area contributed by atoms with Crippen molar-refractivity contribution in [3.05, 3.63) is 77.9 Å². The zero-order chi connectivity index (χ0) is 21.5. The van der Waals surface area contributed by atoms with Gasteiger partial charge in [0.15, 0.2) is 5.96 Å². The van der Waals surface area contributed by atoms with Crippen LogP contribution in [0.3, 0.4) is 0 Å². The Morgan fingerprint density at radius 2 is 1.78 bits per heavy atom. The summed E-state index contributed by atoms with van der Waals surface area (Å²) in [5, 5.41) is 6.73. The van der Waals surface area contributed by atoms with Crippen LogP contribution in [-0.2, 0) is 16.7 Å². The van der Waals surface area contributed by atoms with E-state index in [9.17, 15) is 4.39 Å². The third-order valence-corrected chi connectivity index (χ3v) is 5.73. The van der Waals surface area contributed by atoms with Crippen molar-refractivity contribution in [2.45, 2.75) is 24.8 Å². The Kier molecular flexibility index (Phi) is 8.63. The Hall–Kier alpha value is -2.46.